The third-order valence-electron chi connectivity index (χ3n) is 3.97. The van der Waals surface area contributed by atoms with Crippen molar-refractivity contribution in [3.63, 3.8) is 0 Å². The molecule has 0 aliphatic carbocycles. The zero-order valence-corrected chi connectivity index (χ0v) is 17.0. The summed E-state index contributed by atoms with van der Waals surface area (Å²) in [5, 5.41) is 25.2. The van der Waals surface area contributed by atoms with Crippen LogP contribution in [0.4, 0.5) is 5.69 Å². The molecule has 0 unspecified atom stereocenters. The summed E-state index contributed by atoms with van der Waals surface area (Å²) >= 11 is 3.10. The summed E-state index contributed by atoms with van der Waals surface area (Å²) in [6, 6.07) is 8.77. The second kappa shape index (κ2) is 8.74. The first-order valence-electron chi connectivity index (χ1n) is 8.40. The maximum Gasteiger partial charge on any atom is 0.336 e. The second-order valence-corrected chi connectivity index (χ2v) is 7.02. The molecule has 1 amide bonds. The topological polar surface area (TPSA) is 144 Å². The number of carbonyl (C=O) groups is 1. The van der Waals surface area contributed by atoms with Gasteiger partial charge in [0.15, 0.2) is 6.61 Å². The number of nitrogens with zero attached hydrogens (tertiary/aromatic N) is 2. The fraction of sp³-hybridized carbons (Fsp3) is 0.105. The van der Waals surface area contributed by atoms with Gasteiger partial charge in [0.2, 0.25) is 5.75 Å². The predicted molar refractivity (Wildman–Crippen MR) is 111 cm³/mol. The van der Waals surface area contributed by atoms with Crippen molar-refractivity contribution >= 4 is 44.7 Å². The van der Waals surface area contributed by atoms with Crippen molar-refractivity contribution in [2.75, 3.05) is 6.61 Å². The van der Waals surface area contributed by atoms with Gasteiger partial charge in [0.25, 0.3) is 5.91 Å². The smallest absolute Gasteiger partial charge is 0.336 e. The summed E-state index contributed by atoms with van der Waals surface area (Å²) in [6.45, 7) is 1.40. The van der Waals surface area contributed by atoms with E-state index in [0.29, 0.717) is 15.8 Å². The van der Waals surface area contributed by atoms with Crippen molar-refractivity contribution in [3.05, 3.63) is 72.5 Å². The Morgan fingerprint density at radius 2 is 2.13 bits per heavy atom. The number of fused-ring (bicyclic) bond motifs is 1. The minimum atomic E-state index is -0.739. The highest BCUT2D eigenvalue weighted by molar-refractivity contribution is 9.10. The van der Waals surface area contributed by atoms with Gasteiger partial charge in [-0.1, -0.05) is 15.9 Å². The van der Waals surface area contributed by atoms with Gasteiger partial charge in [0.1, 0.15) is 11.3 Å². The zero-order chi connectivity index (χ0) is 21.8. The van der Waals surface area contributed by atoms with E-state index >= 15 is 0 Å². The number of hydrogen-bond acceptors (Lipinski definition) is 8. The highest BCUT2D eigenvalue weighted by atomic mass is 79.9. The van der Waals surface area contributed by atoms with Crippen LogP contribution in [-0.2, 0) is 4.79 Å². The zero-order valence-electron chi connectivity index (χ0n) is 15.4. The lowest BCUT2D eigenvalue weighted by Gasteiger charge is -2.07. The van der Waals surface area contributed by atoms with Crippen molar-refractivity contribution in [1.82, 2.24) is 5.43 Å². The first-order chi connectivity index (χ1) is 14.2. The molecule has 0 saturated heterocycles. The Hall–Kier alpha value is -3.73. The van der Waals surface area contributed by atoms with Gasteiger partial charge in [-0.25, -0.2) is 10.2 Å². The second-order valence-electron chi connectivity index (χ2n) is 6.11. The normalized spacial score (nSPS) is 11.0. The van der Waals surface area contributed by atoms with Crippen LogP contribution in [0.1, 0.15) is 11.1 Å². The standard InChI is InChI=1S/C19H14BrN3O7/c1-10-4-18(25)30-16-7-13(2-3-14(10)16)29-9-17(24)22-21-8-11-5-12(20)6-15(19(11)26)23(27)28/h2-8,26H,9H2,1H3,(H,22,24)/b21-8+. The Balaban J connectivity index is 1.64. The number of phenolic OH excluding ortho intramolecular Hbond substituents is 1. The summed E-state index contributed by atoms with van der Waals surface area (Å²) in [6.07, 6.45) is 1.07. The Kier molecular flexibility index (Phi) is 6.11. The fourth-order valence-electron chi connectivity index (χ4n) is 2.59. The van der Waals surface area contributed by atoms with Gasteiger partial charge in [0.05, 0.1) is 11.1 Å². The molecule has 0 aliphatic rings. The van der Waals surface area contributed by atoms with Crippen molar-refractivity contribution in [2.24, 2.45) is 5.10 Å². The maximum atomic E-state index is 11.9. The van der Waals surface area contributed by atoms with Crippen LogP contribution in [0.25, 0.3) is 11.0 Å². The van der Waals surface area contributed by atoms with Crippen LogP contribution < -0.4 is 15.8 Å². The molecular weight excluding hydrogens is 462 g/mol. The van der Waals surface area contributed by atoms with E-state index in [9.17, 15) is 24.8 Å². The molecule has 10 nitrogen and oxygen atoms in total. The van der Waals surface area contributed by atoms with Gasteiger partial charge in [-0.3, -0.25) is 14.9 Å². The molecule has 0 fully saturated rings. The number of aromatic hydroxyl groups is 1. The molecule has 154 valence electrons. The van der Waals surface area contributed by atoms with Crippen molar-refractivity contribution in [3.8, 4) is 11.5 Å². The number of hydrazone groups is 1. The number of nitrogens with one attached hydrogen (secondary N) is 1. The fourth-order valence-corrected chi connectivity index (χ4v) is 3.06. The van der Waals surface area contributed by atoms with Gasteiger partial charge in [0, 0.05) is 33.6 Å². The van der Waals surface area contributed by atoms with Gasteiger partial charge in [-0.05, 0) is 30.7 Å². The lowest BCUT2D eigenvalue weighted by Crippen LogP contribution is -2.24. The molecule has 0 aliphatic heterocycles. The summed E-state index contributed by atoms with van der Waals surface area (Å²) in [5.41, 5.74) is 2.34. The Morgan fingerprint density at radius 3 is 2.87 bits per heavy atom. The molecule has 0 atom stereocenters. The molecule has 11 heteroatoms. The maximum absolute atomic E-state index is 11.9. The monoisotopic (exact) mass is 475 g/mol. The van der Waals surface area contributed by atoms with Crippen molar-refractivity contribution in [1.29, 1.82) is 0 Å². The average Bonchev–Trinajstić information content (AvgIpc) is 2.68. The van der Waals surface area contributed by atoms with E-state index in [1.54, 1.807) is 19.1 Å². The summed E-state index contributed by atoms with van der Waals surface area (Å²) in [7, 11) is 0. The minimum absolute atomic E-state index is 0.0391. The highest BCUT2D eigenvalue weighted by Crippen LogP contribution is 2.32. The number of hydrogen-bond donors (Lipinski definition) is 2. The molecule has 2 aromatic carbocycles. The van der Waals surface area contributed by atoms with E-state index in [1.165, 1.54) is 18.2 Å². The molecule has 1 heterocycles. The van der Waals surface area contributed by atoms with Crippen LogP contribution in [0.2, 0.25) is 0 Å². The molecule has 2 N–H and O–H groups in total. The number of rotatable bonds is 6. The summed E-state index contributed by atoms with van der Waals surface area (Å²) in [5.74, 6) is -0.873. The number of nitro groups is 1. The third kappa shape index (κ3) is 4.81. The van der Waals surface area contributed by atoms with Gasteiger partial charge in [-0.15, -0.1) is 0 Å². The number of nitro benzene ring substituents is 1. The molecule has 0 radical (unpaired) electrons. The Bertz CT molecular complexity index is 1240. The van der Waals surface area contributed by atoms with E-state index in [-0.39, 0.29) is 12.2 Å². The molecule has 30 heavy (non-hydrogen) atoms. The molecule has 3 aromatic rings. The highest BCUT2D eigenvalue weighted by Gasteiger charge is 2.17. The van der Waals surface area contributed by atoms with Gasteiger partial charge in [-0.2, -0.15) is 5.10 Å². The number of benzene rings is 2. The molecule has 0 saturated carbocycles. The van der Waals surface area contributed by atoms with Crippen molar-refractivity contribution < 1.29 is 24.0 Å². The lowest BCUT2D eigenvalue weighted by atomic mass is 10.1. The quantitative estimate of drug-likeness (QED) is 0.241. The summed E-state index contributed by atoms with van der Waals surface area (Å²) in [4.78, 5) is 33.6. The molecule has 0 spiro atoms. The Morgan fingerprint density at radius 1 is 1.37 bits per heavy atom. The van der Waals surface area contributed by atoms with Crippen LogP contribution in [0, 0.1) is 17.0 Å². The SMILES string of the molecule is Cc1cc(=O)oc2cc(OCC(=O)N/N=C/c3cc(Br)cc([N+](=O)[O-])c3O)ccc12. The Labute approximate surface area is 177 Å². The van der Waals surface area contributed by atoms with E-state index < -0.39 is 27.9 Å². The van der Waals surface area contributed by atoms with Gasteiger partial charge < -0.3 is 14.3 Å². The lowest BCUT2D eigenvalue weighted by molar-refractivity contribution is -0.385. The number of amides is 1. The van der Waals surface area contributed by atoms with E-state index in [2.05, 4.69) is 26.5 Å². The first kappa shape index (κ1) is 21.0. The van der Waals surface area contributed by atoms with Crippen LogP contribution in [0.5, 0.6) is 11.5 Å². The van der Waals surface area contributed by atoms with Gasteiger partial charge >= 0.3 is 11.3 Å². The number of phenols is 1. The largest absolute Gasteiger partial charge is 0.502 e. The van der Waals surface area contributed by atoms with E-state index in [1.807, 2.05) is 0 Å². The van der Waals surface area contributed by atoms with Crippen LogP contribution >= 0.6 is 15.9 Å². The first-order valence-corrected chi connectivity index (χ1v) is 9.20. The average molecular weight is 476 g/mol. The molecular formula is C19H14BrN3O7. The minimum Gasteiger partial charge on any atom is -0.502 e. The predicted octanol–water partition coefficient (Wildman–Crippen LogP) is 3.01. The number of halogens is 1. The van der Waals surface area contributed by atoms with Crippen LogP contribution in [0.15, 0.2) is 55.2 Å². The molecule has 0 bridgehead atoms. The summed E-state index contributed by atoms with van der Waals surface area (Å²) < 4.78 is 10.8. The number of ether oxygens (including phenoxy) is 1. The number of aryl methyl sites for hydroxylation is 1. The molecule has 3 rings (SSSR count). The van der Waals surface area contributed by atoms with Crippen LogP contribution in [0.3, 0.4) is 0 Å². The number of carbonyl (C=O) groups excluding carboxylic acids is 1. The van der Waals surface area contributed by atoms with E-state index in [4.69, 9.17) is 9.15 Å². The van der Waals surface area contributed by atoms with E-state index in [0.717, 1.165) is 23.2 Å². The van der Waals surface area contributed by atoms with Crippen molar-refractivity contribution in [2.45, 2.75) is 6.92 Å². The van der Waals surface area contributed by atoms with Crippen LogP contribution in [-0.4, -0.2) is 28.8 Å². The molecule has 1 aromatic heterocycles. The third-order valence-corrected chi connectivity index (χ3v) is 4.42.